The molecule has 16 heavy (non-hydrogen) atoms. The monoisotopic (exact) mass is 220 g/mol. The molecule has 0 radical (unpaired) electrons. The Labute approximate surface area is 89.5 Å². The number of carbonyl (C=O) groups is 2. The Morgan fingerprint density at radius 1 is 1.25 bits per heavy atom. The molecule has 0 fully saturated rings. The van der Waals surface area contributed by atoms with Gasteiger partial charge in [-0.3, -0.25) is 4.79 Å². The van der Waals surface area contributed by atoms with E-state index in [1.54, 1.807) is 0 Å². The van der Waals surface area contributed by atoms with E-state index >= 15 is 0 Å². The van der Waals surface area contributed by atoms with Crippen molar-refractivity contribution in [1.29, 1.82) is 0 Å². The van der Waals surface area contributed by atoms with Gasteiger partial charge < -0.3 is 16.0 Å². The molecule has 6 heteroatoms. The molecule has 2 rings (SSSR count). The van der Waals surface area contributed by atoms with Gasteiger partial charge in [0.05, 0.1) is 5.52 Å². The molecule has 2 aromatic rings. The zero-order valence-corrected chi connectivity index (χ0v) is 8.04. The largest absolute Gasteiger partial charge is 0.476 e. The van der Waals surface area contributed by atoms with Crippen LogP contribution in [0.25, 0.3) is 10.9 Å². The Kier molecular flexibility index (Phi) is 2.05. The van der Waals surface area contributed by atoms with Crippen molar-refractivity contribution in [1.82, 2.24) is 4.73 Å². The maximum absolute atomic E-state index is 10.9. The number of rotatable bonds is 2. The number of benzene rings is 1. The normalized spacial score (nSPS) is 10.5. The zero-order valence-electron chi connectivity index (χ0n) is 8.04. The first-order chi connectivity index (χ1) is 7.50. The number of aromatic nitrogens is 1. The highest BCUT2D eigenvalue weighted by Crippen LogP contribution is 2.19. The minimum atomic E-state index is -1.25. The lowest BCUT2D eigenvalue weighted by molar-refractivity contribution is 0.0649. The van der Waals surface area contributed by atoms with Crippen LogP contribution in [0.15, 0.2) is 24.3 Å². The van der Waals surface area contributed by atoms with E-state index < -0.39 is 11.9 Å². The fourth-order valence-corrected chi connectivity index (χ4v) is 1.51. The van der Waals surface area contributed by atoms with Gasteiger partial charge in [-0.2, -0.15) is 4.73 Å². The van der Waals surface area contributed by atoms with Gasteiger partial charge in [0.1, 0.15) is 0 Å². The lowest BCUT2D eigenvalue weighted by atomic mass is 10.1. The fraction of sp³-hybridized carbons (Fsp3) is 0. The molecular formula is C10H8N2O4. The molecule has 1 amide bonds. The van der Waals surface area contributed by atoms with Crippen LogP contribution in [-0.4, -0.2) is 26.9 Å². The number of fused-ring (bicyclic) bond motifs is 1. The number of hydrogen-bond donors (Lipinski definition) is 3. The summed E-state index contributed by atoms with van der Waals surface area (Å²) in [5.41, 5.74) is 5.38. The highest BCUT2D eigenvalue weighted by molar-refractivity contribution is 5.99. The first kappa shape index (κ1) is 10.0. The summed E-state index contributed by atoms with van der Waals surface area (Å²) in [6.07, 6.45) is 0. The summed E-state index contributed by atoms with van der Waals surface area (Å²) in [6, 6.07) is 5.55. The summed E-state index contributed by atoms with van der Waals surface area (Å²) < 4.78 is 0.558. The first-order valence-corrected chi connectivity index (χ1v) is 4.38. The summed E-state index contributed by atoms with van der Waals surface area (Å²) in [4.78, 5) is 21.6. The van der Waals surface area contributed by atoms with Gasteiger partial charge in [0.25, 0.3) is 0 Å². The number of carboxylic acids is 1. The topological polar surface area (TPSA) is 106 Å². The maximum atomic E-state index is 10.9. The smallest absolute Gasteiger partial charge is 0.356 e. The van der Waals surface area contributed by atoms with Crippen molar-refractivity contribution in [3.8, 4) is 0 Å². The van der Waals surface area contributed by atoms with E-state index in [-0.39, 0.29) is 11.3 Å². The van der Waals surface area contributed by atoms with Crippen molar-refractivity contribution in [3.63, 3.8) is 0 Å². The van der Waals surface area contributed by atoms with Crippen molar-refractivity contribution >= 4 is 22.8 Å². The Balaban J connectivity index is 2.72. The molecule has 1 aromatic heterocycles. The van der Waals surface area contributed by atoms with Gasteiger partial charge in [-0.15, -0.1) is 0 Å². The SMILES string of the molecule is NC(=O)c1ccc2c(c1)cc(C(=O)O)n2O. The molecule has 0 saturated heterocycles. The number of primary amides is 1. The van der Waals surface area contributed by atoms with Crippen LogP contribution in [-0.2, 0) is 0 Å². The predicted molar refractivity (Wildman–Crippen MR) is 54.6 cm³/mol. The Hall–Kier alpha value is -2.50. The molecule has 6 nitrogen and oxygen atoms in total. The number of carboxylic acid groups (broad SMARTS) is 1. The molecule has 0 aliphatic carbocycles. The molecule has 0 saturated carbocycles. The van der Waals surface area contributed by atoms with Crippen LogP contribution in [0.1, 0.15) is 20.8 Å². The third-order valence-electron chi connectivity index (χ3n) is 2.28. The molecule has 0 atom stereocenters. The number of hydrogen-bond acceptors (Lipinski definition) is 3. The van der Waals surface area contributed by atoms with Crippen molar-refractivity contribution in [3.05, 3.63) is 35.5 Å². The zero-order chi connectivity index (χ0) is 11.9. The molecule has 82 valence electrons. The molecule has 0 aliphatic heterocycles. The summed E-state index contributed by atoms with van der Waals surface area (Å²) in [5.74, 6) is -1.86. The summed E-state index contributed by atoms with van der Waals surface area (Å²) >= 11 is 0. The Morgan fingerprint density at radius 3 is 2.50 bits per heavy atom. The molecule has 4 N–H and O–H groups in total. The predicted octanol–water partition coefficient (Wildman–Crippen LogP) is 0.676. The molecule has 0 aliphatic rings. The Morgan fingerprint density at radius 2 is 1.94 bits per heavy atom. The average Bonchev–Trinajstić information content (AvgIpc) is 2.55. The van der Waals surface area contributed by atoms with Gasteiger partial charge in [0, 0.05) is 10.9 Å². The van der Waals surface area contributed by atoms with E-state index in [2.05, 4.69) is 0 Å². The van der Waals surface area contributed by atoms with Crippen LogP contribution in [0.4, 0.5) is 0 Å². The minimum Gasteiger partial charge on any atom is -0.476 e. The van der Waals surface area contributed by atoms with Crippen LogP contribution in [0.3, 0.4) is 0 Å². The van der Waals surface area contributed by atoms with E-state index in [9.17, 15) is 14.8 Å². The Bertz CT molecular complexity index is 600. The van der Waals surface area contributed by atoms with Gasteiger partial charge >= 0.3 is 5.97 Å². The summed E-state index contributed by atoms with van der Waals surface area (Å²) in [7, 11) is 0. The van der Waals surface area contributed by atoms with E-state index in [0.717, 1.165) is 0 Å². The minimum absolute atomic E-state index is 0.259. The van der Waals surface area contributed by atoms with E-state index in [0.29, 0.717) is 15.6 Å². The molecular weight excluding hydrogens is 212 g/mol. The number of nitrogens with zero attached hydrogens (tertiary/aromatic N) is 1. The fourth-order valence-electron chi connectivity index (χ4n) is 1.51. The lowest BCUT2D eigenvalue weighted by Crippen LogP contribution is -2.10. The average molecular weight is 220 g/mol. The first-order valence-electron chi connectivity index (χ1n) is 4.38. The van der Waals surface area contributed by atoms with Gasteiger partial charge in [0.2, 0.25) is 5.91 Å². The van der Waals surface area contributed by atoms with Gasteiger partial charge in [-0.25, -0.2) is 4.79 Å². The lowest BCUT2D eigenvalue weighted by Gasteiger charge is -1.98. The number of aromatic carboxylic acids is 1. The van der Waals surface area contributed by atoms with E-state index in [1.807, 2.05) is 0 Å². The molecule has 0 unspecified atom stereocenters. The van der Waals surface area contributed by atoms with Crippen molar-refractivity contribution in [2.75, 3.05) is 0 Å². The molecule has 0 spiro atoms. The van der Waals surface area contributed by atoms with Gasteiger partial charge in [-0.05, 0) is 24.3 Å². The second kappa shape index (κ2) is 3.27. The second-order valence-electron chi connectivity index (χ2n) is 3.28. The maximum Gasteiger partial charge on any atom is 0.356 e. The van der Waals surface area contributed by atoms with Crippen LogP contribution in [0, 0.1) is 0 Å². The molecule has 1 heterocycles. The van der Waals surface area contributed by atoms with Gasteiger partial charge in [0.15, 0.2) is 5.69 Å². The van der Waals surface area contributed by atoms with Gasteiger partial charge in [-0.1, -0.05) is 0 Å². The number of carbonyl (C=O) groups excluding carboxylic acids is 1. The highest BCUT2D eigenvalue weighted by atomic mass is 16.5. The molecule has 0 bridgehead atoms. The van der Waals surface area contributed by atoms with Crippen LogP contribution in [0.5, 0.6) is 0 Å². The second-order valence-corrected chi connectivity index (χ2v) is 3.28. The van der Waals surface area contributed by atoms with Crippen molar-refractivity contribution < 1.29 is 19.9 Å². The van der Waals surface area contributed by atoms with E-state index in [4.69, 9.17) is 10.8 Å². The molecule has 1 aromatic carbocycles. The summed E-state index contributed by atoms with van der Waals surface area (Å²) in [5, 5.41) is 18.7. The van der Waals surface area contributed by atoms with Crippen LogP contribution in [0.2, 0.25) is 0 Å². The third kappa shape index (κ3) is 1.36. The number of nitrogens with two attached hydrogens (primary N) is 1. The standard InChI is InChI=1S/C10H8N2O4/c11-9(13)5-1-2-7-6(3-5)4-8(10(14)15)12(7)16/h1-4,16H,(H2,11,13)(H,14,15). The highest BCUT2D eigenvalue weighted by Gasteiger charge is 2.14. The number of amides is 1. The van der Waals surface area contributed by atoms with Crippen LogP contribution < -0.4 is 5.73 Å². The van der Waals surface area contributed by atoms with Crippen molar-refractivity contribution in [2.24, 2.45) is 5.73 Å². The van der Waals surface area contributed by atoms with Crippen molar-refractivity contribution in [2.45, 2.75) is 0 Å². The quantitative estimate of drug-likeness (QED) is 0.647. The summed E-state index contributed by atoms with van der Waals surface area (Å²) in [6.45, 7) is 0. The van der Waals surface area contributed by atoms with E-state index in [1.165, 1.54) is 24.3 Å². The van der Waals surface area contributed by atoms with Crippen LogP contribution >= 0.6 is 0 Å². The third-order valence-corrected chi connectivity index (χ3v) is 2.28.